The fraction of sp³-hybridized carbons (Fsp3) is 0.348. The number of nitrogens with two attached hydrogens (primary N) is 2. The number of pyridine rings is 1. The Morgan fingerprint density at radius 1 is 1.21 bits per heavy atom. The van der Waals surface area contributed by atoms with Gasteiger partial charge < -0.3 is 21.5 Å². The SMILES string of the molecule is NC(=O)c1c(-c2ccc(OCCc3cccc(C(F)(F)F)n3)cc2)nn([C@@H]2CCCNC2)c1N. The molecule has 1 aromatic carbocycles. The molecule has 1 amide bonds. The van der Waals surface area contributed by atoms with Gasteiger partial charge in [0.2, 0.25) is 0 Å². The van der Waals surface area contributed by atoms with Crippen LogP contribution in [-0.2, 0) is 12.6 Å². The van der Waals surface area contributed by atoms with E-state index in [4.69, 9.17) is 16.2 Å². The highest BCUT2D eigenvalue weighted by Crippen LogP contribution is 2.32. The molecule has 1 aliphatic heterocycles. The van der Waals surface area contributed by atoms with Crippen LogP contribution in [0.3, 0.4) is 0 Å². The van der Waals surface area contributed by atoms with Gasteiger partial charge in [-0.3, -0.25) is 4.79 Å². The van der Waals surface area contributed by atoms with E-state index in [2.05, 4.69) is 15.4 Å². The highest BCUT2D eigenvalue weighted by atomic mass is 19.4. The number of alkyl halides is 3. The van der Waals surface area contributed by atoms with Gasteiger partial charge in [-0.2, -0.15) is 18.3 Å². The molecule has 0 radical (unpaired) electrons. The third-order valence-electron chi connectivity index (χ3n) is 5.66. The zero-order chi connectivity index (χ0) is 24.3. The molecular weight excluding hydrogens is 449 g/mol. The van der Waals surface area contributed by atoms with Gasteiger partial charge in [0.1, 0.15) is 28.5 Å². The second-order valence-corrected chi connectivity index (χ2v) is 8.05. The maximum Gasteiger partial charge on any atom is 0.433 e. The lowest BCUT2D eigenvalue weighted by molar-refractivity contribution is -0.141. The summed E-state index contributed by atoms with van der Waals surface area (Å²) in [7, 11) is 0. The number of nitrogens with zero attached hydrogens (tertiary/aromatic N) is 3. The van der Waals surface area contributed by atoms with Gasteiger partial charge in [-0.1, -0.05) is 6.07 Å². The molecular formula is C23H25F3N6O2. The number of piperidine rings is 1. The summed E-state index contributed by atoms with van der Waals surface area (Å²) < 4.78 is 45.7. The van der Waals surface area contributed by atoms with Crippen LogP contribution >= 0.6 is 0 Å². The number of nitrogens with one attached hydrogen (secondary N) is 1. The Labute approximate surface area is 194 Å². The summed E-state index contributed by atoms with van der Waals surface area (Å²) in [4.78, 5) is 15.7. The van der Waals surface area contributed by atoms with E-state index in [9.17, 15) is 18.0 Å². The van der Waals surface area contributed by atoms with Crippen LogP contribution < -0.4 is 21.5 Å². The minimum absolute atomic E-state index is 0.0349. The van der Waals surface area contributed by atoms with Crippen LogP contribution in [0.2, 0.25) is 0 Å². The number of primary amides is 1. The summed E-state index contributed by atoms with van der Waals surface area (Å²) in [5.41, 5.74) is 12.4. The molecule has 5 N–H and O–H groups in total. The Hall–Kier alpha value is -3.60. The average Bonchev–Trinajstić information content (AvgIpc) is 3.17. The summed E-state index contributed by atoms with van der Waals surface area (Å²) >= 11 is 0. The number of benzene rings is 1. The molecule has 34 heavy (non-hydrogen) atoms. The van der Waals surface area contributed by atoms with Crippen LogP contribution in [0.1, 0.15) is 40.6 Å². The fourth-order valence-corrected chi connectivity index (χ4v) is 3.97. The quantitative estimate of drug-likeness (QED) is 0.484. The van der Waals surface area contributed by atoms with Crippen LogP contribution in [0.25, 0.3) is 11.3 Å². The highest BCUT2D eigenvalue weighted by Gasteiger charge is 2.32. The molecule has 0 aliphatic carbocycles. The molecule has 0 spiro atoms. The Balaban J connectivity index is 1.46. The smallest absolute Gasteiger partial charge is 0.433 e. The van der Waals surface area contributed by atoms with Gasteiger partial charge in [-0.15, -0.1) is 0 Å². The second kappa shape index (κ2) is 9.72. The van der Waals surface area contributed by atoms with Crippen molar-refractivity contribution in [2.45, 2.75) is 31.5 Å². The van der Waals surface area contributed by atoms with Crippen molar-refractivity contribution in [2.24, 2.45) is 5.73 Å². The van der Waals surface area contributed by atoms with E-state index >= 15 is 0 Å². The number of halogens is 3. The van der Waals surface area contributed by atoms with Crippen LogP contribution in [-0.4, -0.2) is 40.4 Å². The first-order valence-electron chi connectivity index (χ1n) is 10.9. The van der Waals surface area contributed by atoms with Crippen molar-refractivity contribution in [3.05, 3.63) is 59.4 Å². The van der Waals surface area contributed by atoms with Crippen molar-refractivity contribution >= 4 is 11.7 Å². The van der Waals surface area contributed by atoms with Gasteiger partial charge in [-0.25, -0.2) is 9.67 Å². The van der Waals surface area contributed by atoms with E-state index in [-0.39, 0.29) is 36.1 Å². The van der Waals surface area contributed by atoms with E-state index in [1.54, 1.807) is 28.9 Å². The lowest BCUT2D eigenvalue weighted by Crippen LogP contribution is -2.32. The van der Waals surface area contributed by atoms with Crippen LogP contribution in [0.15, 0.2) is 42.5 Å². The zero-order valence-corrected chi connectivity index (χ0v) is 18.3. The topological polar surface area (TPSA) is 121 Å². The van der Waals surface area contributed by atoms with Gasteiger partial charge in [0, 0.05) is 24.2 Å². The highest BCUT2D eigenvalue weighted by molar-refractivity contribution is 6.03. The zero-order valence-electron chi connectivity index (χ0n) is 18.3. The molecule has 8 nitrogen and oxygen atoms in total. The number of carbonyl (C=O) groups excluding carboxylic acids is 1. The maximum absolute atomic E-state index is 12.8. The summed E-state index contributed by atoms with van der Waals surface area (Å²) in [5.74, 6) is 0.0989. The number of carbonyl (C=O) groups is 1. The minimum Gasteiger partial charge on any atom is -0.493 e. The Morgan fingerprint density at radius 2 is 1.97 bits per heavy atom. The predicted octanol–water partition coefficient (Wildman–Crippen LogP) is 3.19. The second-order valence-electron chi connectivity index (χ2n) is 8.05. The molecule has 0 saturated carbocycles. The van der Waals surface area contributed by atoms with Crippen LogP contribution in [0, 0.1) is 0 Å². The first-order chi connectivity index (χ1) is 16.2. The van der Waals surface area contributed by atoms with Gasteiger partial charge in [0.25, 0.3) is 5.91 Å². The predicted molar refractivity (Wildman–Crippen MR) is 120 cm³/mol. The van der Waals surface area contributed by atoms with Crippen molar-refractivity contribution in [3.63, 3.8) is 0 Å². The Morgan fingerprint density at radius 3 is 2.62 bits per heavy atom. The fourth-order valence-electron chi connectivity index (χ4n) is 3.97. The van der Waals surface area contributed by atoms with E-state index < -0.39 is 17.8 Å². The minimum atomic E-state index is -4.49. The number of anilines is 1. The van der Waals surface area contributed by atoms with Gasteiger partial charge >= 0.3 is 6.18 Å². The van der Waals surface area contributed by atoms with Crippen LogP contribution in [0.5, 0.6) is 5.75 Å². The number of hydrogen-bond acceptors (Lipinski definition) is 6. The normalized spacial score (nSPS) is 16.4. The molecule has 1 fully saturated rings. The van der Waals surface area contributed by atoms with E-state index in [1.165, 1.54) is 12.1 Å². The van der Waals surface area contributed by atoms with Gasteiger partial charge in [0.15, 0.2) is 0 Å². The molecule has 1 saturated heterocycles. The van der Waals surface area contributed by atoms with Crippen molar-refractivity contribution in [1.82, 2.24) is 20.1 Å². The van der Waals surface area contributed by atoms with Crippen LogP contribution in [0.4, 0.5) is 19.0 Å². The molecule has 2 aromatic heterocycles. The number of rotatable bonds is 7. The van der Waals surface area contributed by atoms with Crippen molar-refractivity contribution in [3.8, 4) is 17.0 Å². The molecule has 0 bridgehead atoms. The number of nitrogen functional groups attached to an aromatic ring is 1. The number of amides is 1. The summed E-state index contributed by atoms with van der Waals surface area (Å²) in [6.45, 7) is 1.78. The summed E-state index contributed by atoms with van der Waals surface area (Å²) in [6.07, 6.45) is -2.40. The molecule has 180 valence electrons. The number of ether oxygens (including phenoxy) is 1. The van der Waals surface area contributed by atoms with Gasteiger partial charge in [0.05, 0.1) is 12.6 Å². The average molecular weight is 474 g/mol. The number of aromatic nitrogens is 3. The van der Waals surface area contributed by atoms with Gasteiger partial charge in [-0.05, 0) is 55.8 Å². The maximum atomic E-state index is 12.8. The van der Waals surface area contributed by atoms with E-state index in [1.807, 2.05) is 0 Å². The van der Waals surface area contributed by atoms with Crippen molar-refractivity contribution < 1.29 is 22.7 Å². The molecule has 0 unspecified atom stereocenters. The molecule has 3 aromatic rings. The lowest BCUT2D eigenvalue weighted by Gasteiger charge is -2.23. The van der Waals surface area contributed by atoms with Crippen molar-refractivity contribution in [2.75, 3.05) is 25.4 Å². The summed E-state index contributed by atoms with van der Waals surface area (Å²) in [5, 5.41) is 7.89. The number of hydrogen-bond donors (Lipinski definition) is 3. The Kier molecular flexibility index (Phi) is 6.73. The molecule has 4 rings (SSSR count). The molecule has 1 atom stereocenters. The van der Waals surface area contributed by atoms with E-state index in [0.717, 1.165) is 25.5 Å². The lowest BCUT2D eigenvalue weighted by atomic mass is 10.1. The van der Waals surface area contributed by atoms with E-state index in [0.29, 0.717) is 23.6 Å². The monoisotopic (exact) mass is 474 g/mol. The third kappa shape index (κ3) is 5.14. The summed E-state index contributed by atoms with van der Waals surface area (Å²) in [6, 6.07) is 10.7. The molecule has 1 aliphatic rings. The first-order valence-corrected chi connectivity index (χ1v) is 10.9. The first kappa shape index (κ1) is 23.6. The van der Waals surface area contributed by atoms with Crippen molar-refractivity contribution in [1.29, 1.82) is 0 Å². The molecule has 3 heterocycles. The Bertz CT molecular complexity index is 1150. The third-order valence-corrected chi connectivity index (χ3v) is 5.66. The largest absolute Gasteiger partial charge is 0.493 e. The standard InChI is InChI=1S/C23H25F3N6O2/c24-23(25,26)18-5-1-3-15(30-18)10-12-34-17-8-6-14(7-9-17)20-19(22(28)33)21(27)32(31-20)16-4-2-11-29-13-16/h1,3,5-9,16,29H,2,4,10-13,27H2,(H2,28,33)/t16-/m1/s1. The molecule has 11 heteroatoms.